The first kappa shape index (κ1) is 21.5. The highest BCUT2D eigenvalue weighted by atomic mass is 35.5. The number of rotatable bonds is 6. The number of allylic oxidation sites excluding steroid dienone is 1. The van der Waals surface area contributed by atoms with Crippen molar-refractivity contribution in [3.05, 3.63) is 11.6 Å². The number of halogens is 2. The van der Waals surface area contributed by atoms with Gasteiger partial charge in [-0.1, -0.05) is 11.6 Å². The fraction of sp³-hybridized carbons (Fsp3) is 0.600. The lowest BCUT2D eigenvalue weighted by Gasteiger charge is -2.03. The van der Waals surface area contributed by atoms with E-state index in [1.165, 1.54) is 0 Å². The Kier molecular flexibility index (Phi) is 14.8. The molecule has 0 saturated carbocycles. The fourth-order valence-corrected chi connectivity index (χ4v) is 0.947. The molecule has 0 fully saturated rings. The number of carboxylic acid groups (broad SMARTS) is 1. The van der Waals surface area contributed by atoms with Crippen molar-refractivity contribution < 1.29 is 9.90 Å². The van der Waals surface area contributed by atoms with E-state index >= 15 is 0 Å². The van der Waals surface area contributed by atoms with Crippen LogP contribution < -0.4 is 11.5 Å². The molecule has 0 spiro atoms. The van der Waals surface area contributed by atoms with Gasteiger partial charge in [-0.2, -0.15) is 0 Å². The third-order valence-electron chi connectivity index (χ3n) is 1.87. The fourth-order valence-electron chi connectivity index (χ4n) is 0.947. The zero-order valence-corrected chi connectivity index (χ0v) is 11.7. The molecule has 17 heavy (non-hydrogen) atoms. The van der Waals surface area contributed by atoms with Crippen molar-refractivity contribution in [2.75, 3.05) is 6.54 Å². The van der Waals surface area contributed by atoms with Crippen molar-refractivity contribution in [2.24, 2.45) is 16.5 Å². The number of nitrogens with zero attached hydrogens (tertiary/aromatic N) is 1. The van der Waals surface area contributed by atoms with Crippen molar-refractivity contribution in [3.8, 4) is 0 Å². The van der Waals surface area contributed by atoms with Gasteiger partial charge in [-0.15, -0.1) is 24.8 Å². The largest absolute Gasteiger partial charge is 0.480 e. The average molecular weight is 286 g/mol. The van der Waals surface area contributed by atoms with Gasteiger partial charge in [0.1, 0.15) is 6.04 Å². The van der Waals surface area contributed by atoms with E-state index in [4.69, 9.17) is 16.6 Å². The van der Waals surface area contributed by atoms with Crippen LogP contribution in [0.5, 0.6) is 0 Å². The quantitative estimate of drug-likeness (QED) is 0.389. The normalized spacial score (nSPS) is 13.4. The smallest absolute Gasteiger partial charge is 0.320 e. The molecule has 0 bridgehead atoms. The molecular weight excluding hydrogens is 265 g/mol. The molecule has 0 saturated heterocycles. The lowest BCUT2D eigenvalue weighted by Crippen LogP contribution is -2.29. The van der Waals surface area contributed by atoms with Crippen LogP contribution in [0.15, 0.2) is 16.6 Å². The Morgan fingerprint density at radius 1 is 1.41 bits per heavy atom. The maximum atomic E-state index is 10.4. The zero-order chi connectivity index (χ0) is 11.8. The molecule has 0 radical (unpaired) electrons. The number of aliphatic imine (C=N–C) groups is 1. The Balaban J connectivity index is -0.000000980. The first-order chi connectivity index (χ1) is 6.93. The highest BCUT2D eigenvalue weighted by Gasteiger charge is 2.09. The molecule has 102 valence electrons. The predicted molar refractivity (Wildman–Crippen MR) is 75.3 cm³/mol. The summed E-state index contributed by atoms with van der Waals surface area (Å²) < 4.78 is 0. The maximum Gasteiger partial charge on any atom is 0.320 e. The second-order valence-electron chi connectivity index (χ2n) is 3.53. The molecular formula is C10H21Cl2N3O2. The SMILES string of the molecule is CC(N)=NC/C(C)=C\CC[C@H](N)C(=O)O.Cl.Cl. The molecule has 1 atom stereocenters. The van der Waals surface area contributed by atoms with Gasteiger partial charge < -0.3 is 16.6 Å². The molecule has 0 aromatic carbocycles. The molecule has 5 nitrogen and oxygen atoms in total. The van der Waals surface area contributed by atoms with E-state index in [1.807, 2.05) is 13.0 Å². The number of carboxylic acids is 1. The van der Waals surface area contributed by atoms with Crippen LogP contribution in [-0.4, -0.2) is 29.5 Å². The summed E-state index contributed by atoms with van der Waals surface area (Å²) in [5.74, 6) is -0.415. The summed E-state index contributed by atoms with van der Waals surface area (Å²) in [6, 6.07) is -0.784. The van der Waals surface area contributed by atoms with E-state index in [9.17, 15) is 4.79 Å². The van der Waals surface area contributed by atoms with Crippen molar-refractivity contribution in [3.63, 3.8) is 0 Å². The van der Waals surface area contributed by atoms with E-state index in [0.717, 1.165) is 5.57 Å². The number of nitrogens with two attached hydrogens (primary N) is 2. The van der Waals surface area contributed by atoms with Gasteiger partial charge >= 0.3 is 5.97 Å². The van der Waals surface area contributed by atoms with Crippen molar-refractivity contribution in [1.29, 1.82) is 0 Å². The third-order valence-corrected chi connectivity index (χ3v) is 1.87. The predicted octanol–water partition coefficient (Wildman–Crippen LogP) is 1.35. The summed E-state index contributed by atoms with van der Waals surface area (Å²) in [6.07, 6.45) is 3.03. The van der Waals surface area contributed by atoms with Crippen LogP contribution in [-0.2, 0) is 4.79 Å². The van der Waals surface area contributed by atoms with Crippen LogP contribution in [0.4, 0.5) is 0 Å². The molecule has 0 aliphatic carbocycles. The van der Waals surface area contributed by atoms with Gasteiger partial charge in [0.15, 0.2) is 0 Å². The highest BCUT2D eigenvalue weighted by molar-refractivity contribution is 5.85. The molecule has 0 heterocycles. The Morgan fingerprint density at radius 3 is 2.35 bits per heavy atom. The summed E-state index contributed by atoms with van der Waals surface area (Å²) in [6.45, 7) is 4.22. The second-order valence-corrected chi connectivity index (χ2v) is 3.53. The standard InChI is InChI=1S/C10H19N3O2.2ClH/c1-7(6-13-8(2)11)4-3-5-9(12)10(14)15;;/h4,9H,3,5-6,12H2,1-2H3,(H2,11,13)(H,14,15);2*1H/b7-4-;;/t9-;;/m0../s1. The average Bonchev–Trinajstić information content (AvgIpc) is 2.14. The monoisotopic (exact) mass is 285 g/mol. The van der Waals surface area contributed by atoms with Crippen molar-refractivity contribution in [2.45, 2.75) is 32.7 Å². The molecule has 0 aliphatic heterocycles. The van der Waals surface area contributed by atoms with Crippen LogP contribution in [0.1, 0.15) is 26.7 Å². The van der Waals surface area contributed by atoms with Crippen LogP contribution >= 0.6 is 24.8 Å². The van der Waals surface area contributed by atoms with Gasteiger partial charge in [0.2, 0.25) is 0 Å². The Morgan fingerprint density at radius 2 is 1.94 bits per heavy atom. The van der Waals surface area contributed by atoms with Gasteiger partial charge in [0.25, 0.3) is 0 Å². The van der Waals surface area contributed by atoms with Crippen molar-refractivity contribution >= 4 is 36.6 Å². The minimum atomic E-state index is -0.961. The number of hydrogen-bond acceptors (Lipinski definition) is 3. The van der Waals surface area contributed by atoms with Crippen LogP contribution in [0.2, 0.25) is 0 Å². The molecule has 0 rings (SSSR count). The summed E-state index contributed by atoms with van der Waals surface area (Å²) >= 11 is 0. The molecule has 7 heteroatoms. The summed E-state index contributed by atoms with van der Waals surface area (Å²) in [5, 5.41) is 8.54. The van der Waals surface area contributed by atoms with E-state index in [2.05, 4.69) is 4.99 Å². The van der Waals surface area contributed by atoms with Crippen LogP contribution in [0, 0.1) is 0 Å². The Labute approximate surface area is 114 Å². The number of hydrogen-bond donors (Lipinski definition) is 3. The molecule has 0 amide bonds. The zero-order valence-electron chi connectivity index (χ0n) is 10.0. The van der Waals surface area contributed by atoms with Gasteiger partial charge in [-0.3, -0.25) is 9.79 Å². The number of amidine groups is 1. The van der Waals surface area contributed by atoms with Gasteiger partial charge in [-0.05, 0) is 26.7 Å². The first-order valence-corrected chi connectivity index (χ1v) is 4.84. The Hall–Kier alpha value is -0.780. The molecule has 0 unspecified atom stereocenters. The molecule has 0 aromatic rings. The molecule has 0 aliphatic rings. The minimum Gasteiger partial charge on any atom is -0.480 e. The first-order valence-electron chi connectivity index (χ1n) is 4.84. The third kappa shape index (κ3) is 13.2. The maximum absolute atomic E-state index is 10.4. The Bertz CT molecular complexity index is 277. The topological polar surface area (TPSA) is 102 Å². The summed E-state index contributed by atoms with van der Waals surface area (Å²) in [7, 11) is 0. The highest BCUT2D eigenvalue weighted by Crippen LogP contribution is 2.01. The van der Waals surface area contributed by atoms with E-state index in [1.54, 1.807) is 6.92 Å². The van der Waals surface area contributed by atoms with Crippen LogP contribution in [0.3, 0.4) is 0 Å². The van der Waals surface area contributed by atoms with E-state index in [-0.39, 0.29) is 24.8 Å². The van der Waals surface area contributed by atoms with Gasteiger partial charge in [0, 0.05) is 0 Å². The van der Waals surface area contributed by atoms with Crippen LogP contribution in [0.25, 0.3) is 0 Å². The van der Waals surface area contributed by atoms with Gasteiger partial charge in [-0.25, -0.2) is 0 Å². The lowest BCUT2D eigenvalue weighted by molar-refractivity contribution is -0.138. The minimum absolute atomic E-state index is 0. The molecule has 5 N–H and O–H groups in total. The summed E-state index contributed by atoms with van der Waals surface area (Å²) in [5.41, 5.74) is 11.8. The van der Waals surface area contributed by atoms with E-state index in [0.29, 0.717) is 25.2 Å². The molecule has 0 aromatic heterocycles. The number of aliphatic carboxylic acids is 1. The summed E-state index contributed by atoms with van der Waals surface area (Å²) in [4.78, 5) is 14.4. The van der Waals surface area contributed by atoms with Crippen molar-refractivity contribution in [1.82, 2.24) is 0 Å². The lowest BCUT2D eigenvalue weighted by atomic mass is 10.1. The second kappa shape index (κ2) is 11.7. The van der Waals surface area contributed by atoms with Gasteiger partial charge in [0.05, 0.1) is 12.4 Å². The van der Waals surface area contributed by atoms with E-state index < -0.39 is 12.0 Å². The number of carbonyl (C=O) groups is 1.